The highest BCUT2D eigenvalue weighted by Gasteiger charge is 2.15. The van der Waals surface area contributed by atoms with Gasteiger partial charge >= 0.3 is 0 Å². The molecule has 3 amide bonds. The highest BCUT2D eigenvalue weighted by atomic mass is 79.9. The monoisotopic (exact) mass is 461 g/mol. The highest BCUT2D eigenvalue weighted by molar-refractivity contribution is 9.10. The molecule has 0 atom stereocenters. The van der Waals surface area contributed by atoms with Crippen molar-refractivity contribution in [3.05, 3.63) is 58.1 Å². The Bertz CT molecular complexity index is 869. The molecule has 0 aliphatic carbocycles. The zero-order chi connectivity index (χ0) is 21.2. The van der Waals surface area contributed by atoms with Crippen molar-refractivity contribution in [2.24, 2.45) is 0 Å². The zero-order valence-electron chi connectivity index (χ0n) is 16.4. The summed E-state index contributed by atoms with van der Waals surface area (Å²) in [6, 6.07) is 11.5. The van der Waals surface area contributed by atoms with Gasteiger partial charge in [0, 0.05) is 22.1 Å². The minimum atomic E-state index is -0.497. The van der Waals surface area contributed by atoms with Crippen LogP contribution < -0.4 is 20.9 Å². The van der Waals surface area contributed by atoms with E-state index in [-0.39, 0.29) is 5.91 Å². The number of hydrogen-bond donors (Lipinski definition) is 3. The molecular weight excluding hydrogens is 438 g/mol. The lowest BCUT2D eigenvalue weighted by atomic mass is 10.2. The summed E-state index contributed by atoms with van der Waals surface area (Å²) in [5.41, 5.74) is 6.02. The Morgan fingerprint density at radius 3 is 2.31 bits per heavy atom. The number of unbranched alkanes of at least 4 members (excludes halogenated alkanes) is 1. The molecule has 0 heterocycles. The quantitative estimate of drug-likeness (QED) is 0.516. The van der Waals surface area contributed by atoms with Crippen molar-refractivity contribution >= 4 is 39.3 Å². The molecule has 2 aromatic carbocycles. The van der Waals surface area contributed by atoms with Crippen LogP contribution in [0.15, 0.2) is 46.9 Å². The minimum absolute atomic E-state index is 0.0598. The summed E-state index contributed by atoms with van der Waals surface area (Å²) in [5, 5.41) is 2.78. The predicted molar refractivity (Wildman–Crippen MR) is 115 cm³/mol. The standard InChI is InChI=1S/C21H24BrN3O4/c1-3-5-6-19(26)23-16-10-7-14(8-11-16)20(27)24-25-21(28)17-13-15(22)9-12-18(17)29-4-2/h7-13H,3-6H2,1-2H3,(H,23,26)(H,24,27)(H,25,28). The minimum Gasteiger partial charge on any atom is -0.493 e. The van der Waals surface area contributed by atoms with Crippen LogP contribution in [0.5, 0.6) is 5.75 Å². The summed E-state index contributed by atoms with van der Waals surface area (Å²) in [5.74, 6) is -0.612. The average Bonchev–Trinajstić information content (AvgIpc) is 2.72. The van der Waals surface area contributed by atoms with Crippen molar-refractivity contribution in [2.75, 3.05) is 11.9 Å². The zero-order valence-corrected chi connectivity index (χ0v) is 18.0. The van der Waals surface area contributed by atoms with E-state index in [1.54, 1.807) is 42.5 Å². The molecule has 0 radical (unpaired) electrons. The molecule has 0 fully saturated rings. The number of halogens is 1. The van der Waals surface area contributed by atoms with E-state index in [0.29, 0.717) is 40.1 Å². The Morgan fingerprint density at radius 1 is 0.966 bits per heavy atom. The Kier molecular flexibility index (Phi) is 8.67. The number of hydrazine groups is 1. The second kappa shape index (κ2) is 11.2. The Hall–Kier alpha value is -2.87. The average molecular weight is 462 g/mol. The third kappa shape index (κ3) is 6.90. The first-order chi connectivity index (χ1) is 13.9. The van der Waals surface area contributed by atoms with Gasteiger partial charge in [0.25, 0.3) is 11.8 Å². The molecule has 0 bridgehead atoms. The van der Waals surface area contributed by atoms with Gasteiger partial charge in [-0.1, -0.05) is 29.3 Å². The number of anilines is 1. The fraction of sp³-hybridized carbons (Fsp3) is 0.286. The molecule has 0 aromatic heterocycles. The van der Waals surface area contributed by atoms with Crippen LogP contribution in [-0.4, -0.2) is 24.3 Å². The second-order valence-electron chi connectivity index (χ2n) is 6.21. The van der Waals surface area contributed by atoms with Crippen molar-refractivity contribution in [1.29, 1.82) is 0 Å². The van der Waals surface area contributed by atoms with Gasteiger partial charge in [-0.05, 0) is 55.8 Å². The number of carbonyl (C=O) groups excluding carboxylic acids is 3. The van der Waals surface area contributed by atoms with Gasteiger partial charge in [-0.15, -0.1) is 0 Å². The van der Waals surface area contributed by atoms with Gasteiger partial charge in [0.2, 0.25) is 5.91 Å². The summed E-state index contributed by atoms with van der Waals surface area (Å²) in [4.78, 5) is 36.4. The van der Waals surface area contributed by atoms with Gasteiger partial charge in [-0.25, -0.2) is 0 Å². The number of ether oxygens (including phenoxy) is 1. The molecule has 0 saturated carbocycles. The van der Waals surface area contributed by atoms with Crippen LogP contribution in [0, 0.1) is 0 Å². The first-order valence-corrected chi connectivity index (χ1v) is 10.2. The van der Waals surface area contributed by atoms with Crippen LogP contribution >= 0.6 is 15.9 Å². The number of hydrogen-bond acceptors (Lipinski definition) is 4. The predicted octanol–water partition coefficient (Wildman–Crippen LogP) is 4.05. The fourth-order valence-electron chi connectivity index (χ4n) is 2.48. The molecule has 2 rings (SSSR count). The normalized spacial score (nSPS) is 10.2. The fourth-order valence-corrected chi connectivity index (χ4v) is 2.84. The third-order valence-corrected chi connectivity index (χ3v) is 4.46. The maximum absolute atomic E-state index is 12.4. The van der Waals surface area contributed by atoms with E-state index in [4.69, 9.17) is 4.74 Å². The molecule has 0 aliphatic heterocycles. The van der Waals surface area contributed by atoms with E-state index in [9.17, 15) is 14.4 Å². The van der Waals surface area contributed by atoms with Gasteiger partial charge in [-0.3, -0.25) is 25.2 Å². The Labute approximate surface area is 178 Å². The van der Waals surface area contributed by atoms with E-state index in [2.05, 4.69) is 32.1 Å². The third-order valence-electron chi connectivity index (χ3n) is 3.96. The Morgan fingerprint density at radius 2 is 1.66 bits per heavy atom. The molecular formula is C21H24BrN3O4. The van der Waals surface area contributed by atoms with Gasteiger partial charge in [-0.2, -0.15) is 0 Å². The molecule has 154 valence electrons. The van der Waals surface area contributed by atoms with E-state index in [1.165, 1.54) is 0 Å². The Balaban J connectivity index is 1.94. The second-order valence-corrected chi connectivity index (χ2v) is 7.13. The van der Waals surface area contributed by atoms with Gasteiger partial charge in [0.05, 0.1) is 12.2 Å². The molecule has 0 spiro atoms. The lowest BCUT2D eigenvalue weighted by Crippen LogP contribution is -2.41. The van der Waals surface area contributed by atoms with Crippen molar-refractivity contribution in [1.82, 2.24) is 10.9 Å². The van der Waals surface area contributed by atoms with E-state index in [1.807, 2.05) is 13.8 Å². The van der Waals surface area contributed by atoms with Crippen molar-refractivity contribution in [2.45, 2.75) is 33.1 Å². The SMILES string of the molecule is CCCCC(=O)Nc1ccc(C(=O)NNC(=O)c2cc(Br)ccc2OCC)cc1. The van der Waals surface area contributed by atoms with Gasteiger partial charge < -0.3 is 10.1 Å². The van der Waals surface area contributed by atoms with E-state index < -0.39 is 11.8 Å². The molecule has 2 aromatic rings. The van der Waals surface area contributed by atoms with Crippen molar-refractivity contribution in [3.8, 4) is 5.75 Å². The molecule has 3 N–H and O–H groups in total. The summed E-state index contributed by atoms with van der Waals surface area (Å²) >= 11 is 3.32. The maximum atomic E-state index is 12.4. The van der Waals surface area contributed by atoms with E-state index >= 15 is 0 Å². The van der Waals surface area contributed by atoms with Crippen LogP contribution in [0.2, 0.25) is 0 Å². The van der Waals surface area contributed by atoms with Crippen LogP contribution in [0.3, 0.4) is 0 Å². The number of carbonyl (C=O) groups is 3. The molecule has 0 unspecified atom stereocenters. The molecule has 29 heavy (non-hydrogen) atoms. The number of rotatable bonds is 8. The van der Waals surface area contributed by atoms with Crippen molar-refractivity contribution < 1.29 is 19.1 Å². The summed E-state index contributed by atoms with van der Waals surface area (Å²) < 4.78 is 6.16. The molecule has 0 saturated heterocycles. The topological polar surface area (TPSA) is 96.5 Å². The largest absolute Gasteiger partial charge is 0.493 e. The summed E-state index contributed by atoms with van der Waals surface area (Å²) in [7, 11) is 0. The van der Waals surface area contributed by atoms with Gasteiger partial charge in [0.1, 0.15) is 5.75 Å². The first kappa shape index (κ1) is 22.4. The smallest absolute Gasteiger partial charge is 0.273 e. The molecule has 0 aliphatic rings. The number of benzene rings is 2. The lowest BCUT2D eigenvalue weighted by molar-refractivity contribution is -0.116. The van der Waals surface area contributed by atoms with Crippen LogP contribution in [0.1, 0.15) is 53.8 Å². The van der Waals surface area contributed by atoms with Gasteiger partial charge in [0.15, 0.2) is 0 Å². The van der Waals surface area contributed by atoms with Crippen LogP contribution in [-0.2, 0) is 4.79 Å². The van der Waals surface area contributed by atoms with E-state index in [0.717, 1.165) is 12.8 Å². The first-order valence-electron chi connectivity index (χ1n) is 9.37. The number of nitrogens with one attached hydrogen (secondary N) is 3. The van der Waals surface area contributed by atoms with Crippen LogP contribution in [0.25, 0.3) is 0 Å². The summed E-state index contributed by atoms with van der Waals surface area (Å²) in [6.45, 7) is 4.25. The van der Waals surface area contributed by atoms with Crippen LogP contribution in [0.4, 0.5) is 5.69 Å². The highest BCUT2D eigenvalue weighted by Crippen LogP contribution is 2.23. The maximum Gasteiger partial charge on any atom is 0.273 e. The summed E-state index contributed by atoms with van der Waals surface area (Å²) in [6.07, 6.45) is 2.24. The lowest BCUT2D eigenvalue weighted by Gasteiger charge is -2.12. The molecule has 8 heteroatoms. The van der Waals surface area contributed by atoms with Crippen molar-refractivity contribution in [3.63, 3.8) is 0 Å². The number of amides is 3. The molecule has 7 nitrogen and oxygen atoms in total.